The number of halogens is 2. The molecule has 2 aliphatic heterocycles. The summed E-state index contributed by atoms with van der Waals surface area (Å²) in [5.74, 6) is 2.27. The molecule has 0 saturated carbocycles. The Hall–Kier alpha value is -2.98. The molecule has 5 aromatic carbocycles. The van der Waals surface area contributed by atoms with Crippen molar-refractivity contribution in [3.8, 4) is 0 Å². The van der Waals surface area contributed by atoms with Gasteiger partial charge in [-0.15, -0.1) is 0 Å². The quantitative estimate of drug-likeness (QED) is 0.158. The van der Waals surface area contributed by atoms with Crippen molar-refractivity contribution in [3.63, 3.8) is 0 Å². The van der Waals surface area contributed by atoms with Crippen LogP contribution < -0.4 is 0 Å². The summed E-state index contributed by atoms with van der Waals surface area (Å²) in [6.07, 6.45) is 0.291. The van der Waals surface area contributed by atoms with Gasteiger partial charge in [0, 0.05) is 44.5 Å². The lowest BCUT2D eigenvalue weighted by molar-refractivity contribution is 0.0533. The normalized spacial score (nSPS) is 31.1. The van der Waals surface area contributed by atoms with Crippen LogP contribution in [0.1, 0.15) is 103 Å². The summed E-state index contributed by atoms with van der Waals surface area (Å²) < 4.78 is 9.22. The van der Waals surface area contributed by atoms with Gasteiger partial charge in [-0.05, 0) is 111 Å². The van der Waals surface area contributed by atoms with Crippen LogP contribution in [0.25, 0.3) is 0 Å². The lowest BCUT2D eigenvalue weighted by atomic mass is 9.49. The molecule has 0 N–H and O–H groups in total. The topological polar surface area (TPSA) is 9.23 Å². The first-order valence-electron chi connectivity index (χ1n) is 14.8. The van der Waals surface area contributed by atoms with E-state index in [1.165, 1.54) is 55.6 Å². The van der Waals surface area contributed by atoms with E-state index in [1.54, 1.807) is 11.1 Å². The van der Waals surface area contributed by atoms with Crippen LogP contribution in [0.3, 0.4) is 0 Å². The molecule has 6 bridgehead atoms. The van der Waals surface area contributed by atoms with E-state index in [-0.39, 0.29) is 12.2 Å². The van der Waals surface area contributed by atoms with E-state index in [0.29, 0.717) is 35.5 Å². The van der Waals surface area contributed by atoms with Crippen LogP contribution >= 0.6 is 31.9 Å². The minimum Gasteiger partial charge on any atom is -0.365 e. The number of ether oxygens (including phenoxy) is 1. The largest absolute Gasteiger partial charge is 0.365 e. The Kier molecular flexibility index (Phi) is 4.13. The maximum absolute atomic E-state index is 6.98. The fraction of sp³-hybridized carbons (Fsp3) is 0.211. The van der Waals surface area contributed by atoms with Crippen molar-refractivity contribution in [1.29, 1.82) is 0 Å². The van der Waals surface area contributed by atoms with Crippen molar-refractivity contribution >= 4 is 31.9 Å². The highest BCUT2D eigenvalue weighted by Gasteiger charge is 2.63. The van der Waals surface area contributed by atoms with E-state index in [2.05, 4.69) is 129 Å². The molecule has 13 rings (SSSR count). The fourth-order valence-electron chi connectivity index (χ4n) is 10.2. The van der Waals surface area contributed by atoms with Gasteiger partial charge in [0.2, 0.25) is 0 Å². The molecule has 6 unspecified atom stereocenters. The van der Waals surface area contributed by atoms with Gasteiger partial charge < -0.3 is 4.74 Å². The molecule has 8 aliphatic rings. The zero-order valence-electron chi connectivity index (χ0n) is 22.0. The van der Waals surface area contributed by atoms with Crippen LogP contribution in [0.2, 0.25) is 0 Å². The van der Waals surface area contributed by atoms with Gasteiger partial charge in [0.1, 0.15) is 0 Å². The van der Waals surface area contributed by atoms with Gasteiger partial charge >= 0.3 is 0 Å². The van der Waals surface area contributed by atoms with Crippen molar-refractivity contribution in [2.24, 2.45) is 11.8 Å². The van der Waals surface area contributed by atoms with E-state index in [1.807, 2.05) is 0 Å². The summed E-state index contributed by atoms with van der Waals surface area (Å²) in [6, 6.07) is 37.7. The zero-order chi connectivity index (χ0) is 26.7. The molecule has 196 valence electrons. The highest BCUT2D eigenvalue weighted by Crippen LogP contribution is 2.73. The molecular weight excluding hydrogens is 632 g/mol. The molecule has 0 radical (unpaired) electrons. The molecule has 1 nitrogen and oxygen atoms in total. The van der Waals surface area contributed by atoms with Gasteiger partial charge in [0.15, 0.2) is 0 Å². The third-order valence-corrected chi connectivity index (χ3v) is 13.3. The molecule has 5 aromatic rings. The Morgan fingerprint density at radius 3 is 1.15 bits per heavy atom. The van der Waals surface area contributed by atoms with Gasteiger partial charge in [-0.3, -0.25) is 0 Å². The maximum Gasteiger partial charge on any atom is 0.0878 e. The Morgan fingerprint density at radius 1 is 0.390 bits per heavy atom. The Balaban J connectivity index is 1.18. The van der Waals surface area contributed by atoms with Crippen LogP contribution in [-0.2, 0) is 4.74 Å². The van der Waals surface area contributed by atoms with Gasteiger partial charge in [-0.2, -0.15) is 0 Å². The molecule has 41 heavy (non-hydrogen) atoms. The maximum atomic E-state index is 6.98. The minimum atomic E-state index is 0.146. The lowest BCUT2D eigenvalue weighted by Gasteiger charge is -2.52. The third kappa shape index (κ3) is 2.53. The monoisotopic (exact) mass is 654 g/mol. The first-order valence-corrected chi connectivity index (χ1v) is 16.4. The molecule has 1 fully saturated rings. The molecule has 6 aliphatic carbocycles. The summed E-state index contributed by atoms with van der Waals surface area (Å²) in [7, 11) is 0. The van der Waals surface area contributed by atoms with Gasteiger partial charge in [0.05, 0.1) is 12.2 Å². The Labute approximate surface area is 255 Å². The minimum absolute atomic E-state index is 0.146. The predicted octanol–water partition coefficient (Wildman–Crippen LogP) is 9.85. The van der Waals surface area contributed by atoms with Crippen molar-refractivity contribution in [2.75, 3.05) is 0 Å². The molecule has 1 saturated heterocycles. The van der Waals surface area contributed by atoms with E-state index >= 15 is 0 Å². The summed E-state index contributed by atoms with van der Waals surface area (Å²) in [6.45, 7) is 0. The van der Waals surface area contributed by atoms with Crippen molar-refractivity contribution in [1.82, 2.24) is 0 Å². The average Bonchev–Trinajstić information content (AvgIpc) is 3.57. The van der Waals surface area contributed by atoms with Crippen molar-refractivity contribution < 1.29 is 4.74 Å². The number of hydrogen-bond donors (Lipinski definition) is 0. The Bertz CT molecular complexity index is 1840. The predicted molar refractivity (Wildman–Crippen MR) is 167 cm³/mol. The fourth-order valence-corrected chi connectivity index (χ4v) is 10.9. The third-order valence-electron chi connectivity index (χ3n) is 11.4. The molecule has 0 spiro atoms. The number of benzene rings is 5. The van der Waals surface area contributed by atoms with Gasteiger partial charge in [-0.1, -0.05) is 84.9 Å². The number of hydrogen-bond acceptors (Lipinski definition) is 1. The SMILES string of the molecule is Brc1cc2c(cc1Br)C1OC2C2C3c4ccccc4C(c4cc5c(cc43)C3c4ccccc4C5c4ccccc43)C12. The first-order chi connectivity index (χ1) is 20.2. The second-order valence-corrected chi connectivity index (χ2v) is 14.6. The van der Waals surface area contributed by atoms with Crippen LogP contribution in [0.5, 0.6) is 0 Å². The highest BCUT2D eigenvalue weighted by molar-refractivity contribution is 9.13. The van der Waals surface area contributed by atoms with E-state index in [9.17, 15) is 0 Å². The lowest BCUT2D eigenvalue weighted by Crippen LogP contribution is -2.42. The van der Waals surface area contributed by atoms with Crippen LogP contribution in [0.4, 0.5) is 0 Å². The molecule has 2 heterocycles. The number of rotatable bonds is 0. The molecule has 0 amide bonds. The second-order valence-electron chi connectivity index (χ2n) is 12.8. The zero-order valence-corrected chi connectivity index (χ0v) is 25.2. The molecule has 3 heteroatoms. The Morgan fingerprint density at radius 2 is 0.756 bits per heavy atom. The van der Waals surface area contributed by atoms with Crippen LogP contribution in [-0.4, -0.2) is 0 Å². The van der Waals surface area contributed by atoms with Crippen molar-refractivity contribution in [3.05, 3.63) is 173 Å². The first kappa shape index (κ1) is 22.6. The van der Waals surface area contributed by atoms with Gasteiger partial charge in [-0.25, -0.2) is 0 Å². The van der Waals surface area contributed by atoms with Gasteiger partial charge in [0.25, 0.3) is 0 Å². The summed E-state index contributed by atoms with van der Waals surface area (Å²) >= 11 is 7.57. The van der Waals surface area contributed by atoms with E-state index < -0.39 is 0 Å². The molecule has 6 atom stereocenters. The van der Waals surface area contributed by atoms with Crippen molar-refractivity contribution in [2.45, 2.75) is 35.9 Å². The van der Waals surface area contributed by atoms with E-state index in [4.69, 9.17) is 4.74 Å². The molecule has 0 aromatic heterocycles. The molecular formula is C38H24Br2O. The van der Waals surface area contributed by atoms with Crippen LogP contribution in [0.15, 0.2) is 106 Å². The smallest absolute Gasteiger partial charge is 0.0878 e. The van der Waals surface area contributed by atoms with Crippen LogP contribution in [0, 0.1) is 11.8 Å². The number of fused-ring (bicyclic) bond motifs is 5. The second kappa shape index (κ2) is 7.50. The summed E-state index contributed by atoms with van der Waals surface area (Å²) in [5, 5.41) is 0. The highest BCUT2D eigenvalue weighted by atomic mass is 79.9. The van der Waals surface area contributed by atoms with E-state index in [0.717, 1.165) is 8.95 Å². The summed E-state index contributed by atoms with van der Waals surface area (Å²) in [5.41, 5.74) is 18.0. The average molecular weight is 656 g/mol. The standard InChI is InChI=1S/C38H24Br2O/c39-29-15-27-28(16-30(29)40)38-36-34-22-12-6-5-11-21(22)33(35(36)37(27)41-38)25-13-23-24(14-26(25)34)32-18-8-2-1-7-17(18)31(23)19-9-3-4-10-20(19)32/h1-16,31-38H. The summed E-state index contributed by atoms with van der Waals surface area (Å²) in [4.78, 5) is 0.